The lowest BCUT2D eigenvalue weighted by molar-refractivity contribution is -0.120. The summed E-state index contributed by atoms with van der Waals surface area (Å²) in [7, 11) is 0. The molecule has 7 heteroatoms. The molecule has 4 rings (SSSR count). The second-order valence-corrected chi connectivity index (χ2v) is 7.42. The number of nitrogens with zero attached hydrogens (tertiary/aromatic N) is 4. The summed E-state index contributed by atoms with van der Waals surface area (Å²) in [4.78, 5) is 12.8. The van der Waals surface area contributed by atoms with Crippen LogP contribution < -0.4 is 5.32 Å². The Balaban J connectivity index is 1.65. The van der Waals surface area contributed by atoms with E-state index in [4.69, 9.17) is 0 Å². The van der Waals surface area contributed by atoms with Gasteiger partial charge in [0.05, 0.1) is 5.69 Å². The van der Waals surface area contributed by atoms with E-state index in [1.54, 1.807) is 4.68 Å². The number of amides is 1. The number of hydrogen-bond donors (Lipinski definition) is 1. The topological polar surface area (TPSA) is 72.7 Å². The third-order valence-corrected chi connectivity index (χ3v) is 5.46. The van der Waals surface area contributed by atoms with Crippen molar-refractivity contribution in [1.82, 2.24) is 25.5 Å². The molecule has 0 radical (unpaired) electrons. The maximum atomic E-state index is 12.8. The van der Waals surface area contributed by atoms with Gasteiger partial charge in [0.2, 0.25) is 11.1 Å². The van der Waals surface area contributed by atoms with Crippen molar-refractivity contribution in [3.8, 4) is 5.69 Å². The smallest absolute Gasteiger partial charge is 0.238 e. The van der Waals surface area contributed by atoms with Crippen LogP contribution in [0, 0.1) is 6.92 Å². The highest BCUT2D eigenvalue weighted by atomic mass is 32.2. The van der Waals surface area contributed by atoms with Gasteiger partial charge in [-0.3, -0.25) is 4.79 Å². The SMILES string of the molecule is Cc1ccccc1-n1nnnc1S[C@@H](C(=O)NC1CC1)c1ccccc1. The number of rotatable bonds is 6. The van der Waals surface area contributed by atoms with Crippen LogP contribution >= 0.6 is 11.8 Å². The summed E-state index contributed by atoms with van der Waals surface area (Å²) >= 11 is 1.37. The standard InChI is InChI=1S/C19H19N5OS/c1-13-7-5-6-10-16(13)24-19(21-22-23-24)26-17(14-8-3-2-4-9-14)18(25)20-15-11-12-15/h2-10,15,17H,11-12H2,1H3,(H,20,25)/t17-/m1/s1. The van der Waals surface area contributed by atoms with Crippen LogP contribution in [0.5, 0.6) is 0 Å². The first-order valence-corrected chi connectivity index (χ1v) is 9.46. The van der Waals surface area contributed by atoms with E-state index in [9.17, 15) is 4.79 Å². The zero-order valence-corrected chi connectivity index (χ0v) is 15.2. The van der Waals surface area contributed by atoms with E-state index in [2.05, 4.69) is 20.8 Å². The van der Waals surface area contributed by atoms with Gasteiger partial charge >= 0.3 is 0 Å². The molecule has 0 unspecified atom stereocenters. The molecule has 1 saturated carbocycles. The lowest BCUT2D eigenvalue weighted by Gasteiger charge is -2.16. The van der Waals surface area contributed by atoms with Crippen molar-refractivity contribution >= 4 is 17.7 Å². The molecule has 1 aliphatic rings. The monoisotopic (exact) mass is 365 g/mol. The van der Waals surface area contributed by atoms with Gasteiger partial charge in [-0.2, -0.15) is 4.68 Å². The van der Waals surface area contributed by atoms with Crippen molar-refractivity contribution < 1.29 is 4.79 Å². The quantitative estimate of drug-likeness (QED) is 0.680. The Morgan fingerprint density at radius 2 is 1.88 bits per heavy atom. The van der Waals surface area contributed by atoms with Crippen molar-refractivity contribution in [3.63, 3.8) is 0 Å². The first-order valence-electron chi connectivity index (χ1n) is 8.59. The molecule has 1 aliphatic carbocycles. The van der Waals surface area contributed by atoms with Crippen molar-refractivity contribution in [2.75, 3.05) is 0 Å². The Bertz CT molecular complexity index is 907. The molecule has 0 spiro atoms. The number of para-hydroxylation sites is 1. The van der Waals surface area contributed by atoms with Crippen LogP contribution in [0.3, 0.4) is 0 Å². The fourth-order valence-corrected chi connectivity index (χ4v) is 3.71. The summed E-state index contributed by atoms with van der Waals surface area (Å²) in [5, 5.41) is 15.4. The third-order valence-electron chi connectivity index (χ3n) is 4.27. The molecule has 2 aromatic carbocycles. The Hall–Kier alpha value is -2.67. The molecule has 0 bridgehead atoms. The number of tetrazole rings is 1. The average molecular weight is 365 g/mol. The lowest BCUT2D eigenvalue weighted by Crippen LogP contribution is -2.30. The fraction of sp³-hybridized carbons (Fsp3) is 0.263. The molecule has 1 fully saturated rings. The summed E-state index contributed by atoms with van der Waals surface area (Å²) in [6.07, 6.45) is 2.11. The number of aryl methyl sites for hydroxylation is 1. The first-order chi connectivity index (χ1) is 12.7. The lowest BCUT2D eigenvalue weighted by atomic mass is 10.1. The van der Waals surface area contributed by atoms with Crippen LogP contribution in [0.1, 0.15) is 29.2 Å². The van der Waals surface area contributed by atoms with Gasteiger partial charge in [-0.05, 0) is 47.4 Å². The van der Waals surface area contributed by atoms with Crippen LogP contribution in [0.2, 0.25) is 0 Å². The minimum atomic E-state index is -0.398. The van der Waals surface area contributed by atoms with Crippen LogP contribution in [0.15, 0.2) is 59.8 Å². The molecular weight excluding hydrogens is 346 g/mol. The Morgan fingerprint density at radius 3 is 2.62 bits per heavy atom. The third kappa shape index (κ3) is 3.62. The Labute approximate surface area is 156 Å². The normalized spacial score (nSPS) is 14.8. The van der Waals surface area contributed by atoms with Gasteiger partial charge in [0, 0.05) is 6.04 Å². The molecule has 0 saturated heterocycles. The second-order valence-electron chi connectivity index (χ2n) is 6.35. The van der Waals surface area contributed by atoms with E-state index in [0.717, 1.165) is 29.7 Å². The van der Waals surface area contributed by atoms with E-state index in [1.165, 1.54) is 11.8 Å². The van der Waals surface area contributed by atoms with Gasteiger partial charge in [-0.25, -0.2) is 0 Å². The summed E-state index contributed by atoms with van der Waals surface area (Å²) in [6, 6.07) is 18.0. The number of carbonyl (C=O) groups is 1. The highest BCUT2D eigenvalue weighted by Gasteiger charge is 2.30. The second kappa shape index (κ2) is 7.29. The maximum Gasteiger partial charge on any atom is 0.238 e. The molecule has 1 aromatic heterocycles. The number of thioether (sulfide) groups is 1. The Kier molecular flexibility index (Phi) is 4.71. The molecule has 1 amide bonds. The predicted molar refractivity (Wildman–Crippen MR) is 100 cm³/mol. The van der Waals surface area contributed by atoms with E-state index in [1.807, 2.05) is 61.5 Å². The summed E-state index contributed by atoms with van der Waals surface area (Å²) in [6.45, 7) is 2.01. The molecule has 1 N–H and O–H groups in total. The van der Waals surface area contributed by atoms with Crippen LogP contribution in [-0.4, -0.2) is 32.2 Å². The summed E-state index contributed by atoms with van der Waals surface area (Å²) in [5.74, 6) is 0.00281. The highest BCUT2D eigenvalue weighted by Crippen LogP contribution is 2.36. The zero-order valence-electron chi connectivity index (χ0n) is 14.4. The molecule has 132 valence electrons. The van der Waals surface area contributed by atoms with Gasteiger partial charge in [0.1, 0.15) is 5.25 Å². The van der Waals surface area contributed by atoms with Crippen LogP contribution in [0.25, 0.3) is 5.69 Å². The number of hydrogen-bond acceptors (Lipinski definition) is 5. The van der Waals surface area contributed by atoms with Gasteiger partial charge in [0.25, 0.3) is 0 Å². The fourth-order valence-electron chi connectivity index (χ4n) is 2.72. The largest absolute Gasteiger partial charge is 0.352 e. The van der Waals surface area contributed by atoms with E-state index < -0.39 is 5.25 Å². The zero-order chi connectivity index (χ0) is 17.9. The highest BCUT2D eigenvalue weighted by molar-refractivity contribution is 8.00. The molecule has 1 heterocycles. The number of carbonyl (C=O) groups excluding carboxylic acids is 1. The predicted octanol–water partition coefficient (Wildman–Crippen LogP) is 3.08. The summed E-state index contributed by atoms with van der Waals surface area (Å²) < 4.78 is 1.69. The molecule has 26 heavy (non-hydrogen) atoms. The van der Waals surface area contributed by atoms with Gasteiger partial charge < -0.3 is 5.32 Å². The van der Waals surface area contributed by atoms with E-state index in [0.29, 0.717) is 11.2 Å². The van der Waals surface area contributed by atoms with E-state index >= 15 is 0 Å². The molecular formula is C19H19N5OS. The first kappa shape index (κ1) is 16.8. The van der Waals surface area contributed by atoms with Gasteiger partial charge in [-0.15, -0.1) is 5.10 Å². The van der Waals surface area contributed by atoms with Gasteiger partial charge in [0.15, 0.2) is 0 Å². The van der Waals surface area contributed by atoms with Crippen molar-refractivity contribution in [2.45, 2.75) is 36.2 Å². The molecule has 1 atom stereocenters. The minimum Gasteiger partial charge on any atom is -0.352 e. The number of aromatic nitrogens is 4. The van der Waals surface area contributed by atoms with Crippen molar-refractivity contribution in [3.05, 3.63) is 65.7 Å². The number of nitrogens with one attached hydrogen (secondary N) is 1. The number of benzene rings is 2. The van der Waals surface area contributed by atoms with Gasteiger partial charge in [-0.1, -0.05) is 60.3 Å². The van der Waals surface area contributed by atoms with Crippen molar-refractivity contribution in [1.29, 1.82) is 0 Å². The molecule has 0 aliphatic heterocycles. The average Bonchev–Trinajstić information content (AvgIpc) is 3.35. The molecule has 3 aromatic rings. The summed E-state index contributed by atoms with van der Waals surface area (Å²) in [5.41, 5.74) is 2.92. The van der Waals surface area contributed by atoms with E-state index in [-0.39, 0.29) is 5.91 Å². The van der Waals surface area contributed by atoms with Crippen LogP contribution in [0.4, 0.5) is 0 Å². The van der Waals surface area contributed by atoms with Crippen LogP contribution in [-0.2, 0) is 4.79 Å². The molecule has 6 nitrogen and oxygen atoms in total. The Morgan fingerprint density at radius 1 is 1.15 bits per heavy atom. The maximum absolute atomic E-state index is 12.8. The van der Waals surface area contributed by atoms with Crippen molar-refractivity contribution in [2.24, 2.45) is 0 Å². The minimum absolute atomic E-state index is 0.00281.